The minimum absolute atomic E-state index is 0.123. The van der Waals surface area contributed by atoms with Crippen LogP contribution in [-0.4, -0.2) is 75.9 Å². The van der Waals surface area contributed by atoms with Crippen LogP contribution in [0.3, 0.4) is 0 Å². The lowest BCUT2D eigenvalue weighted by Gasteiger charge is -2.23. The molecule has 0 saturated heterocycles. The van der Waals surface area contributed by atoms with Crippen molar-refractivity contribution in [2.45, 2.75) is 46.0 Å². The molecule has 0 N–H and O–H groups in total. The largest absolute Gasteiger partial charge is 0.494 e. The normalized spacial score (nSPS) is 13.0. The number of carbonyl (C=O) groups excluding carboxylic acids is 2. The van der Waals surface area contributed by atoms with Crippen molar-refractivity contribution in [1.29, 1.82) is 0 Å². The molecule has 0 heterocycles. The van der Waals surface area contributed by atoms with E-state index < -0.39 is 0 Å². The van der Waals surface area contributed by atoms with Gasteiger partial charge in [0.15, 0.2) is 11.6 Å². The Balaban J connectivity index is 2.05. The van der Waals surface area contributed by atoms with Crippen molar-refractivity contribution in [2.75, 3.05) is 54.5 Å². The second kappa shape index (κ2) is 16.2. The first-order valence-electron chi connectivity index (χ1n) is 13.6. The fourth-order valence-corrected chi connectivity index (χ4v) is 4.44. The van der Waals surface area contributed by atoms with Crippen LogP contribution in [0.1, 0.15) is 66.7 Å². The molecule has 0 amide bonds. The van der Waals surface area contributed by atoms with Gasteiger partial charge in [0.05, 0.1) is 13.2 Å². The Labute approximate surface area is 223 Å². The van der Waals surface area contributed by atoms with Crippen molar-refractivity contribution in [1.82, 2.24) is 9.80 Å². The molecule has 0 aliphatic heterocycles. The third kappa shape index (κ3) is 10.7. The molecule has 0 spiro atoms. The first-order chi connectivity index (χ1) is 17.7. The van der Waals surface area contributed by atoms with Crippen molar-refractivity contribution in [2.24, 2.45) is 11.8 Å². The molecule has 0 aromatic heterocycles. The Morgan fingerprint density at radius 2 is 1.00 bits per heavy atom. The van der Waals surface area contributed by atoms with Crippen molar-refractivity contribution in [3.8, 4) is 11.5 Å². The lowest BCUT2D eigenvalue weighted by Crippen LogP contribution is -2.30. The fourth-order valence-electron chi connectivity index (χ4n) is 4.44. The van der Waals surface area contributed by atoms with Gasteiger partial charge in [0, 0.05) is 36.1 Å². The van der Waals surface area contributed by atoms with Crippen LogP contribution in [0.2, 0.25) is 0 Å². The smallest absolute Gasteiger partial charge is 0.167 e. The molecule has 204 valence electrons. The first-order valence-corrected chi connectivity index (χ1v) is 13.6. The van der Waals surface area contributed by atoms with Crippen LogP contribution in [0.5, 0.6) is 11.5 Å². The van der Waals surface area contributed by atoms with Gasteiger partial charge in [-0.05, 0) is 102 Å². The third-order valence-corrected chi connectivity index (χ3v) is 6.24. The number of ketones is 2. The minimum Gasteiger partial charge on any atom is -0.494 e. The van der Waals surface area contributed by atoms with Gasteiger partial charge in [0.25, 0.3) is 0 Å². The Morgan fingerprint density at radius 1 is 0.649 bits per heavy atom. The van der Waals surface area contributed by atoms with Crippen molar-refractivity contribution < 1.29 is 19.1 Å². The lowest BCUT2D eigenvalue weighted by atomic mass is 9.87. The number of Topliss-reactive ketones (excluding diaryl/α,β-unsaturated/α-hetero) is 2. The lowest BCUT2D eigenvalue weighted by molar-refractivity contribution is 0.0870. The third-order valence-electron chi connectivity index (χ3n) is 6.24. The van der Waals surface area contributed by atoms with E-state index in [1.165, 1.54) is 0 Å². The Hall–Kier alpha value is -2.70. The quantitative estimate of drug-likeness (QED) is 0.234. The molecule has 2 rings (SSSR count). The molecule has 6 heteroatoms. The van der Waals surface area contributed by atoms with Gasteiger partial charge in [-0.3, -0.25) is 9.59 Å². The molecule has 37 heavy (non-hydrogen) atoms. The molecule has 0 radical (unpaired) electrons. The second-order valence-corrected chi connectivity index (χ2v) is 10.3. The maximum atomic E-state index is 13.4. The van der Waals surface area contributed by atoms with Crippen LogP contribution in [0, 0.1) is 11.8 Å². The van der Waals surface area contributed by atoms with Crippen LogP contribution in [-0.2, 0) is 0 Å². The van der Waals surface area contributed by atoms with Crippen LogP contribution in [0.4, 0.5) is 0 Å². The highest BCUT2D eigenvalue weighted by atomic mass is 16.5. The molecule has 0 aliphatic carbocycles. The Kier molecular flexibility index (Phi) is 13.4. The van der Waals surface area contributed by atoms with E-state index in [2.05, 4.69) is 23.6 Å². The molecule has 0 fully saturated rings. The summed E-state index contributed by atoms with van der Waals surface area (Å²) in [5.41, 5.74) is 1.42. The predicted octanol–water partition coefficient (Wildman–Crippen LogP) is 5.86. The number of hydrogen-bond acceptors (Lipinski definition) is 6. The summed E-state index contributed by atoms with van der Waals surface area (Å²) in [4.78, 5) is 30.9. The molecule has 2 unspecified atom stereocenters. The summed E-state index contributed by atoms with van der Waals surface area (Å²) in [5, 5.41) is 0. The van der Waals surface area contributed by atoms with E-state index in [-0.39, 0.29) is 23.4 Å². The van der Waals surface area contributed by atoms with Gasteiger partial charge in [-0.25, -0.2) is 0 Å². The highest BCUT2D eigenvalue weighted by Gasteiger charge is 2.24. The summed E-state index contributed by atoms with van der Waals surface area (Å²) in [6, 6.07) is 15.0. The summed E-state index contributed by atoms with van der Waals surface area (Å²) in [5.74, 6) is 1.63. The maximum Gasteiger partial charge on any atom is 0.167 e. The molecule has 2 atom stereocenters. The number of hydrogen-bond donors (Lipinski definition) is 0. The van der Waals surface area contributed by atoms with E-state index in [0.717, 1.165) is 43.6 Å². The van der Waals surface area contributed by atoms with Gasteiger partial charge in [0.1, 0.15) is 11.5 Å². The van der Waals surface area contributed by atoms with E-state index >= 15 is 0 Å². The summed E-state index contributed by atoms with van der Waals surface area (Å²) in [6.45, 7) is 6.83. The average molecular weight is 511 g/mol. The van der Waals surface area contributed by atoms with E-state index in [4.69, 9.17) is 9.47 Å². The zero-order valence-corrected chi connectivity index (χ0v) is 23.7. The summed E-state index contributed by atoms with van der Waals surface area (Å²) in [7, 11) is 7.98. The van der Waals surface area contributed by atoms with Gasteiger partial charge in [-0.1, -0.05) is 20.3 Å². The highest BCUT2D eigenvalue weighted by molar-refractivity contribution is 5.98. The van der Waals surface area contributed by atoms with Crippen molar-refractivity contribution in [3.05, 3.63) is 59.7 Å². The molecule has 0 bridgehead atoms. The van der Waals surface area contributed by atoms with Gasteiger partial charge < -0.3 is 19.3 Å². The number of carbonyl (C=O) groups is 2. The van der Waals surface area contributed by atoms with Crippen molar-refractivity contribution >= 4 is 11.6 Å². The van der Waals surface area contributed by atoms with E-state index in [1.807, 2.05) is 76.7 Å². The fraction of sp³-hybridized carbons (Fsp3) is 0.548. The summed E-state index contributed by atoms with van der Waals surface area (Å²) >= 11 is 0. The van der Waals surface area contributed by atoms with Crippen LogP contribution in [0.25, 0.3) is 0 Å². The number of nitrogens with zero attached hydrogens (tertiary/aromatic N) is 2. The SMILES string of the molecule is CCCOc1ccc(C(=O)C(CCCC(CN(C)C)C(=O)c2ccc(OCCC)cc2)CN(C)C)cc1. The standard InChI is InChI=1S/C31H46N2O4/c1-7-20-36-28-16-12-24(13-17-28)30(34)26(22-32(3)4)10-9-11-27(23-33(5)6)31(35)25-14-18-29(19-15-25)37-21-8-2/h12-19,26-27H,7-11,20-23H2,1-6H3. The van der Waals surface area contributed by atoms with Crippen LogP contribution >= 0.6 is 0 Å². The van der Waals surface area contributed by atoms with Gasteiger partial charge in [-0.2, -0.15) is 0 Å². The maximum absolute atomic E-state index is 13.4. The zero-order chi connectivity index (χ0) is 27.2. The minimum atomic E-state index is -0.123. The molecule has 0 aliphatic rings. The topological polar surface area (TPSA) is 59.1 Å². The molecule has 2 aromatic rings. The average Bonchev–Trinajstić information content (AvgIpc) is 2.89. The molecular weight excluding hydrogens is 464 g/mol. The summed E-state index contributed by atoms with van der Waals surface area (Å²) < 4.78 is 11.3. The van der Waals surface area contributed by atoms with E-state index in [1.54, 1.807) is 0 Å². The van der Waals surface area contributed by atoms with Crippen molar-refractivity contribution in [3.63, 3.8) is 0 Å². The monoisotopic (exact) mass is 510 g/mol. The van der Waals surface area contributed by atoms with Gasteiger partial charge in [-0.15, -0.1) is 0 Å². The predicted molar refractivity (Wildman–Crippen MR) is 151 cm³/mol. The van der Waals surface area contributed by atoms with E-state index in [9.17, 15) is 9.59 Å². The number of ether oxygens (including phenoxy) is 2. The number of rotatable bonds is 18. The molecule has 0 saturated carbocycles. The zero-order valence-electron chi connectivity index (χ0n) is 23.7. The summed E-state index contributed by atoms with van der Waals surface area (Å²) in [6.07, 6.45) is 4.19. The van der Waals surface area contributed by atoms with Crippen LogP contribution < -0.4 is 9.47 Å². The Bertz CT molecular complexity index is 861. The van der Waals surface area contributed by atoms with Gasteiger partial charge >= 0.3 is 0 Å². The van der Waals surface area contributed by atoms with E-state index in [0.29, 0.717) is 37.4 Å². The first kappa shape index (κ1) is 30.5. The van der Waals surface area contributed by atoms with Gasteiger partial charge in [0.2, 0.25) is 0 Å². The molecule has 2 aromatic carbocycles. The Morgan fingerprint density at radius 3 is 1.30 bits per heavy atom. The molecule has 6 nitrogen and oxygen atoms in total. The molecular formula is C31H46N2O4. The second-order valence-electron chi connectivity index (χ2n) is 10.3. The highest BCUT2D eigenvalue weighted by Crippen LogP contribution is 2.23. The number of benzene rings is 2. The van der Waals surface area contributed by atoms with Crippen LogP contribution in [0.15, 0.2) is 48.5 Å².